The van der Waals surface area contributed by atoms with Gasteiger partial charge in [-0.25, -0.2) is 19.2 Å². The third-order valence-corrected chi connectivity index (χ3v) is 8.73. The van der Waals surface area contributed by atoms with Crippen molar-refractivity contribution in [3.8, 4) is 0 Å². The molecule has 4 bridgehead atoms. The quantitative estimate of drug-likeness (QED) is 0.508. The summed E-state index contributed by atoms with van der Waals surface area (Å²) in [6, 6.07) is -1.76. The number of allylic oxidation sites excluding steroid dienone is 8. The lowest BCUT2D eigenvalue weighted by Gasteiger charge is -2.36. The van der Waals surface area contributed by atoms with E-state index in [1.807, 2.05) is 48.6 Å². The lowest BCUT2D eigenvalue weighted by Crippen LogP contribution is -2.60. The van der Waals surface area contributed by atoms with E-state index in [1.165, 1.54) is 16.1 Å². The highest BCUT2D eigenvalue weighted by Crippen LogP contribution is 2.54. The molecule has 7 rings (SSSR count). The van der Waals surface area contributed by atoms with E-state index in [4.69, 9.17) is 0 Å². The molecule has 2 atom stereocenters. The Hall–Kier alpha value is -4.55. The summed E-state index contributed by atoms with van der Waals surface area (Å²) >= 11 is 0. The number of imidazole rings is 1. The van der Waals surface area contributed by atoms with Crippen LogP contribution in [-0.4, -0.2) is 79.2 Å². The SMILES string of the molecule is O=C(O)N1CCC[C@H]1C(=O)[N+]1(c2nc[nH]c2[N+]2(C(=O)[C@@H]3CCCN3C(=O)O)C3=CC=C2C=C3)C2=CC=C1C=C2. The summed E-state index contributed by atoms with van der Waals surface area (Å²) in [5.74, 6) is -0.0912. The van der Waals surface area contributed by atoms with Crippen LogP contribution in [0.5, 0.6) is 0 Å². The molecule has 6 aliphatic heterocycles. The average Bonchev–Trinajstić information content (AvgIpc) is 3.78. The van der Waals surface area contributed by atoms with Crippen LogP contribution in [0.15, 0.2) is 77.7 Å². The Kier molecular flexibility index (Phi) is 4.82. The van der Waals surface area contributed by atoms with Gasteiger partial charge < -0.3 is 10.2 Å². The Morgan fingerprint density at radius 1 is 0.744 bits per heavy atom. The number of aromatic nitrogens is 2. The van der Waals surface area contributed by atoms with Crippen LogP contribution in [0, 0.1) is 0 Å². The summed E-state index contributed by atoms with van der Waals surface area (Å²) in [5, 5.41) is 19.6. The Labute approximate surface area is 222 Å². The number of hydrogen-bond acceptors (Lipinski definition) is 5. The van der Waals surface area contributed by atoms with Gasteiger partial charge in [0.2, 0.25) is 0 Å². The van der Waals surface area contributed by atoms with E-state index in [1.54, 1.807) is 0 Å². The van der Waals surface area contributed by atoms with E-state index in [0.717, 1.165) is 0 Å². The number of nitrogens with one attached hydrogen (secondary N) is 1. The molecule has 0 spiro atoms. The van der Waals surface area contributed by atoms with E-state index < -0.39 is 33.2 Å². The van der Waals surface area contributed by atoms with Crippen LogP contribution < -0.4 is 8.97 Å². The smallest absolute Gasteiger partial charge is 0.408 e. The second kappa shape index (κ2) is 7.98. The molecule has 0 aliphatic carbocycles. The van der Waals surface area contributed by atoms with E-state index in [-0.39, 0.29) is 30.7 Å². The van der Waals surface area contributed by atoms with Gasteiger partial charge in [0, 0.05) is 61.7 Å². The molecule has 12 heteroatoms. The van der Waals surface area contributed by atoms with Gasteiger partial charge in [-0.1, -0.05) is 0 Å². The number of aromatic amines is 1. The van der Waals surface area contributed by atoms with Crippen LogP contribution in [0.1, 0.15) is 25.7 Å². The van der Waals surface area contributed by atoms with Crippen molar-refractivity contribution in [2.24, 2.45) is 0 Å². The number of carboxylic acid groups (broad SMARTS) is 2. The van der Waals surface area contributed by atoms with Crippen LogP contribution in [0.25, 0.3) is 0 Å². The molecule has 3 N–H and O–H groups in total. The van der Waals surface area contributed by atoms with Gasteiger partial charge in [-0.2, -0.15) is 4.98 Å². The fourth-order valence-electron chi connectivity index (χ4n) is 7.05. The Balaban J connectivity index is 1.41. The normalized spacial score (nSPS) is 26.7. The summed E-state index contributed by atoms with van der Waals surface area (Å²) in [5.41, 5.74) is 2.47. The minimum atomic E-state index is -1.15. The van der Waals surface area contributed by atoms with Gasteiger partial charge in [-0.05, 0) is 25.7 Å². The molecule has 1 aromatic heterocycles. The van der Waals surface area contributed by atoms with Crippen molar-refractivity contribution >= 4 is 35.6 Å². The molecule has 198 valence electrons. The molecule has 39 heavy (non-hydrogen) atoms. The van der Waals surface area contributed by atoms with Crippen molar-refractivity contribution in [2.75, 3.05) is 13.1 Å². The average molecular weight is 531 g/mol. The monoisotopic (exact) mass is 530 g/mol. The van der Waals surface area contributed by atoms with Gasteiger partial charge >= 0.3 is 35.6 Å². The standard InChI is InChI=1S/C27H24N6O6/c34-24(20-3-1-13-30(20)26(36)37)32(16-5-6-17(32)8-7-16)22-23(29-15-28-22)33(18-9-10-19(33)12-11-18)25(35)21-4-2-14-31(21)27(38)39/h5-12,15,20-21H,1-4,13-14H2,(H-2,28,29,36,37,38,39)/p+2/t20-,21-/m0/s1. The van der Waals surface area contributed by atoms with Gasteiger partial charge in [-0.15, -0.1) is 8.97 Å². The summed E-state index contributed by atoms with van der Waals surface area (Å²) in [4.78, 5) is 63.3. The van der Waals surface area contributed by atoms with Crippen molar-refractivity contribution in [2.45, 2.75) is 37.8 Å². The van der Waals surface area contributed by atoms with E-state index in [9.17, 15) is 29.4 Å². The van der Waals surface area contributed by atoms with E-state index in [0.29, 0.717) is 54.3 Å². The largest absolute Gasteiger partial charge is 0.465 e. The number of likely N-dealkylation sites (tertiary alicyclic amines) is 2. The Bertz CT molecular complexity index is 1400. The maximum Gasteiger partial charge on any atom is 0.408 e. The number of carbonyl (C=O) groups excluding carboxylic acids is 2. The third-order valence-electron chi connectivity index (χ3n) is 8.73. The molecule has 2 saturated heterocycles. The van der Waals surface area contributed by atoms with Crippen molar-refractivity contribution < 1.29 is 29.4 Å². The van der Waals surface area contributed by atoms with Crippen LogP contribution in [0.4, 0.5) is 21.2 Å². The molecular formula is C27H26N6O6+2. The molecule has 0 unspecified atom stereocenters. The highest BCUT2D eigenvalue weighted by atomic mass is 16.4. The molecule has 6 aliphatic rings. The van der Waals surface area contributed by atoms with Crippen LogP contribution >= 0.6 is 0 Å². The van der Waals surface area contributed by atoms with E-state index >= 15 is 0 Å². The molecule has 4 amide bonds. The second-order valence-electron chi connectivity index (χ2n) is 10.4. The van der Waals surface area contributed by atoms with Gasteiger partial charge in [0.1, 0.15) is 6.33 Å². The first kappa shape index (κ1) is 23.6. The van der Waals surface area contributed by atoms with Crippen molar-refractivity contribution in [3.63, 3.8) is 0 Å². The Morgan fingerprint density at radius 2 is 1.18 bits per heavy atom. The fraction of sp³-hybridized carbons (Fsp3) is 0.296. The van der Waals surface area contributed by atoms with Gasteiger partial charge in [-0.3, -0.25) is 14.8 Å². The maximum atomic E-state index is 14.5. The van der Waals surface area contributed by atoms with Gasteiger partial charge in [0.05, 0.1) is 0 Å². The van der Waals surface area contributed by atoms with Crippen molar-refractivity contribution in [3.05, 3.63) is 77.7 Å². The number of nitrogens with zero attached hydrogens (tertiary/aromatic N) is 5. The van der Waals surface area contributed by atoms with Crippen molar-refractivity contribution in [1.29, 1.82) is 0 Å². The number of hydrogen-bond donors (Lipinski definition) is 3. The highest BCUT2D eigenvalue weighted by Gasteiger charge is 2.65. The molecule has 1 aromatic rings. The van der Waals surface area contributed by atoms with E-state index in [2.05, 4.69) is 9.97 Å². The number of rotatable bonds is 4. The first-order chi connectivity index (χ1) is 18.8. The number of H-pyrrole nitrogens is 1. The van der Waals surface area contributed by atoms with Gasteiger partial charge in [0.25, 0.3) is 0 Å². The molecule has 0 saturated carbocycles. The minimum absolute atomic E-state index is 0.263. The topological polar surface area (TPSA) is 144 Å². The molecular weight excluding hydrogens is 504 g/mol. The summed E-state index contributed by atoms with van der Waals surface area (Å²) < 4.78 is -0.848. The third kappa shape index (κ3) is 2.76. The number of quaternary nitrogens is 2. The molecule has 0 radical (unpaired) electrons. The molecule has 7 heterocycles. The lowest BCUT2D eigenvalue weighted by atomic mass is 10.1. The Morgan fingerprint density at radius 3 is 1.62 bits per heavy atom. The maximum absolute atomic E-state index is 14.5. The van der Waals surface area contributed by atoms with Crippen LogP contribution in [0.2, 0.25) is 0 Å². The fourth-order valence-corrected chi connectivity index (χ4v) is 7.05. The lowest BCUT2D eigenvalue weighted by molar-refractivity contribution is -0.132. The predicted octanol–water partition coefficient (Wildman–Crippen LogP) is 3.06. The number of carbonyl (C=O) groups is 4. The summed E-state index contributed by atoms with van der Waals surface area (Å²) in [6.45, 7) is 0.529. The zero-order valence-electron chi connectivity index (χ0n) is 20.9. The predicted molar refractivity (Wildman–Crippen MR) is 138 cm³/mol. The second-order valence-corrected chi connectivity index (χ2v) is 10.4. The van der Waals surface area contributed by atoms with Gasteiger partial charge in [0.15, 0.2) is 34.9 Å². The highest BCUT2D eigenvalue weighted by molar-refractivity contribution is 6.08. The molecule has 12 nitrogen and oxygen atoms in total. The zero-order valence-corrected chi connectivity index (χ0v) is 20.9. The molecule has 0 aromatic carbocycles. The van der Waals surface area contributed by atoms with Crippen LogP contribution in [0.3, 0.4) is 0 Å². The number of amides is 4. The summed E-state index contributed by atoms with van der Waals surface area (Å²) in [6.07, 6.45) is 15.6. The first-order valence-electron chi connectivity index (χ1n) is 13.0. The molecule has 2 fully saturated rings. The minimum Gasteiger partial charge on any atom is -0.465 e. The zero-order chi connectivity index (χ0) is 27.1. The number of fused-ring (bicyclic) bond motifs is 4. The summed E-state index contributed by atoms with van der Waals surface area (Å²) in [7, 11) is 0. The van der Waals surface area contributed by atoms with Crippen LogP contribution in [-0.2, 0) is 9.59 Å². The van der Waals surface area contributed by atoms with Crippen molar-refractivity contribution in [1.82, 2.24) is 28.7 Å². The first-order valence-corrected chi connectivity index (χ1v) is 13.0.